The van der Waals surface area contributed by atoms with Crippen molar-refractivity contribution in [2.75, 3.05) is 0 Å². The number of allylic oxidation sites excluding steroid dienone is 1. The summed E-state index contributed by atoms with van der Waals surface area (Å²) in [6.45, 7) is 6.19. The van der Waals surface area contributed by atoms with Crippen LogP contribution in [0.1, 0.15) is 44.0 Å². The summed E-state index contributed by atoms with van der Waals surface area (Å²) < 4.78 is 0. The second-order valence-electron chi connectivity index (χ2n) is 3.13. The Labute approximate surface area is 86.9 Å². The number of hydrogen-bond donors (Lipinski definition) is 0. The van der Waals surface area contributed by atoms with Gasteiger partial charge in [0, 0.05) is 11.9 Å². The van der Waals surface area contributed by atoms with E-state index >= 15 is 0 Å². The third-order valence-electron chi connectivity index (χ3n) is 2.38. The molecule has 1 aliphatic rings. The average molecular weight is 189 g/mol. The first-order valence-corrected chi connectivity index (χ1v) is 5.55. The van der Waals surface area contributed by atoms with Gasteiger partial charge in [-0.15, -0.1) is 0 Å². The molecule has 0 amide bonds. The van der Waals surface area contributed by atoms with Crippen molar-refractivity contribution < 1.29 is 0 Å². The smallest absolute Gasteiger partial charge is 0.0481 e. The monoisotopic (exact) mass is 189 g/mol. The molecule has 1 aromatic heterocycles. The fraction of sp³-hybridized carbons (Fsp3) is 0.462. The lowest BCUT2D eigenvalue weighted by molar-refractivity contribution is 0.913. The van der Waals surface area contributed by atoms with Crippen molar-refractivity contribution in [2.45, 2.75) is 40.0 Å². The first-order chi connectivity index (χ1) is 6.92. The molecule has 1 heterocycles. The second kappa shape index (κ2) is 5.58. The van der Waals surface area contributed by atoms with E-state index in [2.05, 4.69) is 30.1 Å². The van der Waals surface area contributed by atoms with Gasteiger partial charge >= 0.3 is 0 Å². The summed E-state index contributed by atoms with van der Waals surface area (Å²) in [5, 5.41) is 0. The third kappa shape index (κ3) is 2.22. The van der Waals surface area contributed by atoms with E-state index in [1.54, 1.807) is 0 Å². The van der Waals surface area contributed by atoms with Gasteiger partial charge in [0.25, 0.3) is 0 Å². The molecule has 0 bridgehead atoms. The van der Waals surface area contributed by atoms with Crippen LogP contribution in [0.2, 0.25) is 0 Å². The lowest BCUT2D eigenvalue weighted by Crippen LogP contribution is -2.00. The normalized spacial score (nSPS) is 12.8. The summed E-state index contributed by atoms with van der Waals surface area (Å²) >= 11 is 0. The number of pyridine rings is 1. The van der Waals surface area contributed by atoms with Crippen molar-refractivity contribution >= 4 is 6.08 Å². The lowest BCUT2D eigenvalue weighted by atomic mass is 9.97. The van der Waals surface area contributed by atoms with E-state index in [-0.39, 0.29) is 0 Å². The van der Waals surface area contributed by atoms with Gasteiger partial charge in [-0.3, -0.25) is 4.98 Å². The fourth-order valence-electron chi connectivity index (χ4n) is 1.69. The van der Waals surface area contributed by atoms with E-state index in [1.165, 1.54) is 16.8 Å². The second-order valence-corrected chi connectivity index (χ2v) is 3.13. The SMILES string of the molecule is CC.CCc1ccnc2c1C=CCC2. The van der Waals surface area contributed by atoms with Crippen LogP contribution in [0.25, 0.3) is 6.08 Å². The Balaban J connectivity index is 0.000000461. The van der Waals surface area contributed by atoms with Crippen LogP contribution < -0.4 is 0 Å². The topological polar surface area (TPSA) is 12.9 Å². The van der Waals surface area contributed by atoms with Crippen LogP contribution in [-0.4, -0.2) is 4.98 Å². The number of rotatable bonds is 1. The molecule has 0 saturated carbocycles. The minimum atomic E-state index is 1.11. The molecule has 0 fully saturated rings. The van der Waals surface area contributed by atoms with Gasteiger partial charge in [0.2, 0.25) is 0 Å². The van der Waals surface area contributed by atoms with Crippen LogP contribution in [0, 0.1) is 0 Å². The summed E-state index contributed by atoms with van der Waals surface area (Å²) in [6.07, 6.45) is 9.74. The molecule has 0 radical (unpaired) electrons. The van der Waals surface area contributed by atoms with Crippen molar-refractivity contribution in [3.63, 3.8) is 0 Å². The summed E-state index contributed by atoms with van der Waals surface area (Å²) in [5.74, 6) is 0. The van der Waals surface area contributed by atoms with Gasteiger partial charge in [-0.1, -0.05) is 32.9 Å². The molecule has 1 heteroatoms. The van der Waals surface area contributed by atoms with Gasteiger partial charge in [-0.05, 0) is 36.5 Å². The highest BCUT2D eigenvalue weighted by Crippen LogP contribution is 2.20. The van der Waals surface area contributed by atoms with Crippen molar-refractivity contribution in [3.05, 3.63) is 35.2 Å². The zero-order valence-corrected chi connectivity index (χ0v) is 9.38. The summed E-state index contributed by atoms with van der Waals surface area (Å²) in [5.41, 5.74) is 4.07. The van der Waals surface area contributed by atoms with E-state index in [1.807, 2.05) is 20.0 Å². The van der Waals surface area contributed by atoms with Gasteiger partial charge in [0.05, 0.1) is 0 Å². The van der Waals surface area contributed by atoms with E-state index in [4.69, 9.17) is 0 Å². The van der Waals surface area contributed by atoms with Crippen LogP contribution >= 0.6 is 0 Å². The summed E-state index contributed by atoms with van der Waals surface area (Å²) in [4.78, 5) is 4.38. The molecule has 2 rings (SSSR count). The maximum Gasteiger partial charge on any atom is 0.0481 e. The van der Waals surface area contributed by atoms with Gasteiger partial charge in [0.15, 0.2) is 0 Å². The van der Waals surface area contributed by atoms with E-state index in [0.717, 1.165) is 19.3 Å². The standard InChI is InChI=1S/C11H13N.C2H6/c1-2-9-7-8-12-11-6-4-3-5-10(9)11;1-2/h3,5,7-8H,2,4,6H2,1H3;1-2H3. The molecule has 1 aromatic rings. The average Bonchev–Trinajstić information content (AvgIpc) is 2.31. The zero-order chi connectivity index (χ0) is 10.4. The van der Waals surface area contributed by atoms with Crippen LogP contribution in [0.3, 0.4) is 0 Å². The van der Waals surface area contributed by atoms with Crippen molar-refractivity contribution in [1.82, 2.24) is 4.98 Å². The molecular weight excluding hydrogens is 170 g/mol. The van der Waals surface area contributed by atoms with Crippen LogP contribution in [0.5, 0.6) is 0 Å². The number of fused-ring (bicyclic) bond motifs is 1. The molecule has 76 valence electrons. The van der Waals surface area contributed by atoms with Gasteiger partial charge < -0.3 is 0 Å². The molecule has 0 atom stereocenters. The minimum Gasteiger partial charge on any atom is -0.261 e. The van der Waals surface area contributed by atoms with Crippen LogP contribution in [-0.2, 0) is 12.8 Å². The Hall–Kier alpha value is -1.11. The largest absolute Gasteiger partial charge is 0.261 e. The Morgan fingerprint density at radius 3 is 2.86 bits per heavy atom. The minimum absolute atomic E-state index is 1.11. The molecule has 14 heavy (non-hydrogen) atoms. The fourth-order valence-corrected chi connectivity index (χ4v) is 1.69. The summed E-state index contributed by atoms with van der Waals surface area (Å²) in [7, 11) is 0. The number of aryl methyl sites for hydroxylation is 2. The third-order valence-corrected chi connectivity index (χ3v) is 2.38. The van der Waals surface area contributed by atoms with Crippen molar-refractivity contribution in [3.8, 4) is 0 Å². The highest BCUT2D eigenvalue weighted by atomic mass is 14.7. The van der Waals surface area contributed by atoms with Gasteiger partial charge in [-0.2, -0.15) is 0 Å². The van der Waals surface area contributed by atoms with E-state index in [9.17, 15) is 0 Å². The van der Waals surface area contributed by atoms with Gasteiger partial charge in [0.1, 0.15) is 0 Å². The quantitative estimate of drug-likeness (QED) is 0.657. The molecule has 0 aromatic carbocycles. The van der Waals surface area contributed by atoms with Crippen LogP contribution in [0.4, 0.5) is 0 Å². The first-order valence-electron chi connectivity index (χ1n) is 5.55. The lowest BCUT2D eigenvalue weighted by Gasteiger charge is -2.12. The molecular formula is C13H19N. The summed E-state index contributed by atoms with van der Waals surface area (Å²) in [6, 6.07) is 2.12. The molecule has 0 N–H and O–H groups in total. The maximum absolute atomic E-state index is 4.38. The number of aromatic nitrogens is 1. The Kier molecular flexibility index (Phi) is 4.37. The Morgan fingerprint density at radius 1 is 1.36 bits per heavy atom. The number of hydrogen-bond acceptors (Lipinski definition) is 1. The van der Waals surface area contributed by atoms with Crippen LogP contribution in [0.15, 0.2) is 18.3 Å². The Bertz CT molecular complexity index is 313. The maximum atomic E-state index is 4.38. The number of nitrogens with zero attached hydrogens (tertiary/aromatic N) is 1. The molecule has 0 saturated heterocycles. The molecule has 1 nitrogen and oxygen atoms in total. The highest BCUT2D eigenvalue weighted by Gasteiger charge is 2.07. The Morgan fingerprint density at radius 2 is 2.14 bits per heavy atom. The van der Waals surface area contributed by atoms with Crippen molar-refractivity contribution in [2.24, 2.45) is 0 Å². The molecule has 0 aliphatic heterocycles. The zero-order valence-electron chi connectivity index (χ0n) is 9.38. The first kappa shape index (κ1) is 11.0. The van der Waals surface area contributed by atoms with E-state index < -0.39 is 0 Å². The molecule has 0 spiro atoms. The molecule has 0 unspecified atom stereocenters. The highest BCUT2D eigenvalue weighted by molar-refractivity contribution is 5.58. The predicted molar refractivity (Wildman–Crippen MR) is 62.3 cm³/mol. The van der Waals surface area contributed by atoms with Gasteiger partial charge in [-0.25, -0.2) is 0 Å². The van der Waals surface area contributed by atoms with Crippen molar-refractivity contribution in [1.29, 1.82) is 0 Å². The van der Waals surface area contributed by atoms with E-state index in [0.29, 0.717) is 0 Å². The molecule has 1 aliphatic carbocycles. The predicted octanol–water partition coefficient (Wildman–Crippen LogP) is 3.63.